The van der Waals surface area contributed by atoms with Crippen molar-refractivity contribution in [1.82, 2.24) is 29.4 Å². The number of para-hydroxylation sites is 1. The smallest absolute Gasteiger partial charge is 0.162 e. The molecule has 15 heteroatoms. The van der Waals surface area contributed by atoms with Crippen LogP contribution in [0.3, 0.4) is 0 Å². The van der Waals surface area contributed by atoms with Gasteiger partial charge in [-0.25, -0.2) is 32.3 Å². The molecule has 2 fully saturated rings. The molecule has 2 N–H and O–H groups in total. The lowest BCUT2D eigenvalue weighted by Crippen LogP contribution is -2.48. The number of aryl methyl sites for hydroxylation is 1. The van der Waals surface area contributed by atoms with Gasteiger partial charge in [-0.1, -0.05) is 18.2 Å². The zero-order valence-electron chi connectivity index (χ0n) is 36.0. The van der Waals surface area contributed by atoms with Crippen LogP contribution >= 0.6 is 0 Å². The van der Waals surface area contributed by atoms with Crippen molar-refractivity contribution >= 4 is 37.5 Å². The molecule has 0 radical (unpaired) electrons. The fourth-order valence-corrected chi connectivity index (χ4v) is 11.0. The van der Waals surface area contributed by atoms with Gasteiger partial charge in [0.05, 0.1) is 52.1 Å². The fourth-order valence-electron chi connectivity index (χ4n) is 9.58. The number of morpholine rings is 1. The van der Waals surface area contributed by atoms with E-state index in [4.69, 9.17) is 29.2 Å². The van der Waals surface area contributed by atoms with E-state index < -0.39 is 37.8 Å². The Labute approximate surface area is 361 Å². The maximum absolute atomic E-state index is 16.2. The molecule has 0 spiro atoms. The number of aromatic nitrogens is 5. The Morgan fingerprint density at radius 1 is 1.02 bits per heavy atom. The summed E-state index contributed by atoms with van der Waals surface area (Å²) in [6.45, 7) is 9.88. The lowest BCUT2D eigenvalue weighted by molar-refractivity contribution is 0.0642. The summed E-state index contributed by atoms with van der Waals surface area (Å²) in [5, 5.41) is 1.91. The van der Waals surface area contributed by atoms with E-state index in [9.17, 15) is 4.21 Å². The summed E-state index contributed by atoms with van der Waals surface area (Å²) in [5.41, 5.74) is 3.14. The number of pyridine rings is 1. The van der Waals surface area contributed by atoms with E-state index in [0.29, 0.717) is 69.2 Å². The molecule has 3 aliphatic rings. The van der Waals surface area contributed by atoms with E-state index in [-0.39, 0.29) is 36.5 Å². The molecule has 4 atom stereocenters. The van der Waals surface area contributed by atoms with Crippen LogP contribution in [0.25, 0.3) is 33.3 Å². The number of fused-ring (bicyclic) bond motifs is 4. The largest absolute Gasteiger partial charge is 0.493 e. The van der Waals surface area contributed by atoms with Gasteiger partial charge < -0.3 is 23.9 Å². The van der Waals surface area contributed by atoms with Crippen molar-refractivity contribution in [2.24, 2.45) is 0 Å². The van der Waals surface area contributed by atoms with E-state index in [1.54, 1.807) is 6.20 Å². The van der Waals surface area contributed by atoms with Crippen molar-refractivity contribution in [2.75, 3.05) is 44.1 Å². The maximum Gasteiger partial charge on any atom is 0.162 e. The molecule has 11 nitrogen and oxygen atoms in total. The molecule has 1 aliphatic carbocycles. The maximum atomic E-state index is 16.2. The molecule has 2 aromatic carbocycles. The molecule has 6 heterocycles. The molecule has 1 saturated carbocycles. The predicted molar refractivity (Wildman–Crippen MR) is 237 cm³/mol. The first kappa shape index (κ1) is 42.3. The Morgan fingerprint density at radius 2 is 1.79 bits per heavy atom. The Bertz CT molecular complexity index is 2720. The van der Waals surface area contributed by atoms with Gasteiger partial charge in [-0.3, -0.25) is 9.68 Å². The third-order valence-corrected chi connectivity index (χ3v) is 15.0. The molecule has 62 heavy (non-hydrogen) atoms. The number of benzene rings is 2. The number of nitrogens with one attached hydrogen (secondary N) is 2. The van der Waals surface area contributed by atoms with Crippen molar-refractivity contribution in [3.05, 3.63) is 101 Å². The molecular weight excluding hydrogens is 814 g/mol. The second-order valence-corrected chi connectivity index (χ2v) is 20.6. The fraction of sp³-hybridized carbons (Fsp3) is 0.468. The third-order valence-electron chi connectivity index (χ3n) is 12.9. The van der Waals surface area contributed by atoms with Crippen LogP contribution < -0.4 is 9.64 Å². The van der Waals surface area contributed by atoms with Crippen LogP contribution in [-0.2, 0) is 32.2 Å². The minimum atomic E-state index is -2.91. The number of unbranched alkanes of at least 4 members (excludes halogenated alkanes) is 2. The first-order valence-electron chi connectivity index (χ1n) is 21.7. The van der Waals surface area contributed by atoms with Crippen molar-refractivity contribution < 1.29 is 26.9 Å². The second kappa shape index (κ2) is 16.3. The van der Waals surface area contributed by atoms with Crippen LogP contribution in [0.1, 0.15) is 88.4 Å². The third kappa shape index (κ3) is 7.96. The van der Waals surface area contributed by atoms with Gasteiger partial charge >= 0.3 is 0 Å². The molecule has 0 amide bonds. The lowest BCUT2D eigenvalue weighted by Gasteiger charge is -2.43. The quantitative estimate of drug-likeness (QED) is 0.104. The highest BCUT2D eigenvalue weighted by molar-refractivity contribution is 7.93. The molecule has 9 rings (SSSR count). The van der Waals surface area contributed by atoms with Crippen LogP contribution in [-0.4, -0.2) is 90.5 Å². The minimum Gasteiger partial charge on any atom is -0.493 e. The summed E-state index contributed by atoms with van der Waals surface area (Å²) in [7, 11) is -2.91. The summed E-state index contributed by atoms with van der Waals surface area (Å²) in [6, 6.07) is 15.3. The van der Waals surface area contributed by atoms with Crippen molar-refractivity contribution in [3.8, 4) is 17.1 Å². The number of hydrogen-bond donors (Lipinski definition) is 2. The summed E-state index contributed by atoms with van der Waals surface area (Å²) in [5.74, 6) is -0.0744. The number of anilines is 1. The van der Waals surface area contributed by atoms with Gasteiger partial charge in [0.25, 0.3) is 0 Å². The molecule has 328 valence electrons. The number of nitrogens with zero attached hydrogens (tertiary/aromatic N) is 6. The summed E-state index contributed by atoms with van der Waals surface area (Å²) >= 11 is 0. The molecule has 0 bridgehead atoms. The molecule has 6 aromatic rings. The highest BCUT2D eigenvalue weighted by Gasteiger charge is 2.53. The monoisotopic (exact) mass is 868 g/mol. The van der Waals surface area contributed by atoms with E-state index >= 15 is 13.2 Å². The highest BCUT2D eigenvalue weighted by atomic mass is 32.2. The van der Waals surface area contributed by atoms with E-state index in [1.165, 1.54) is 32.2 Å². The van der Waals surface area contributed by atoms with Gasteiger partial charge in [0.15, 0.2) is 5.82 Å². The van der Waals surface area contributed by atoms with Gasteiger partial charge in [-0.2, -0.15) is 0 Å². The number of ether oxygens (including phenoxy) is 2. The Kier molecular flexibility index (Phi) is 11.1. The van der Waals surface area contributed by atoms with Crippen molar-refractivity contribution in [1.29, 1.82) is 4.78 Å². The highest BCUT2D eigenvalue weighted by Crippen LogP contribution is 2.53. The van der Waals surface area contributed by atoms with Crippen molar-refractivity contribution in [2.45, 2.75) is 101 Å². The van der Waals surface area contributed by atoms with Gasteiger partial charge in [-0.05, 0) is 90.0 Å². The number of halogens is 3. The second-order valence-electron chi connectivity index (χ2n) is 18.1. The Balaban J connectivity index is 0.878. The average Bonchev–Trinajstić information content (AvgIpc) is 3.85. The summed E-state index contributed by atoms with van der Waals surface area (Å²) in [6.07, 6.45) is 9.50. The van der Waals surface area contributed by atoms with Crippen molar-refractivity contribution in [3.63, 3.8) is 0 Å². The predicted octanol–water partition coefficient (Wildman–Crippen LogP) is 9.48. The standard InChI is InChI=1S/C47H55F3N8O3S/c1-29-23-35-32-11-7-8-12-38(32)53-42(35)43(58(29)28-46(3,4)50)41-36(48)24-31(25-37(41)49)61-21-10-6-9-18-56-19-14-34-33(13-17-52-45(34)56)44-54-39(47(15-16-47)62(5,51)59)26-40(55-44)57-20-22-60-27-30(57)2/h7-8,11-14,17,19,24-26,29-30,43,51,53H,6,9-10,15-16,18,20-23,27-28H2,1-5H3/t29-,30-,43-,62-/m1/s1. The average molecular weight is 869 g/mol. The number of rotatable bonds is 14. The minimum absolute atomic E-state index is 0.0103. The number of aromatic amines is 1. The Morgan fingerprint density at radius 3 is 2.52 bits per heavy atom. The zero-order valence-corrected chi connectivity index (χ0v) is 36.8. The first-order chi connectivity index (χ1) is 29.6. The summed E-state index contributed by atoms with van der Waals surface area (Å²) in [4.78, 5) is 22.3. The van der Waals surface area contributed by atoms with E-state index in [0.717, 1.165) is 51.7 Å². The van der Waals surface area contributed by atoms with E-state index in [1.807, 2.05) is 60.5 Å². The van der Waals surface area contributed by atoms with Gasteiger partial charge in [-0.15, -0.1) is 0 Å². The number of H-pyrrole nitrogens is 1. The zero-order chi connectivity index (χ0) is 43.6. The van der Waals surface area contributed by atoms with Gasteiger partial charge in [0.2, 0.25) is 0 Å². The molecular formula is C47H55F3N8O3S. The first-order valence-corrected chi connectivity index (χ1v) is 23.7. The molecule has 2 aliphatic heterocycles. The van der Waals surface area contributed by atoms with Crippen LogP contribution in [0.2, 0.25) is 0 Å². The van der Waals surface area contributed by atoms with Crippen LogP contribution in [0.5, 0.6) is 5.75 Å². The van der Waals surface area contributed by atoms with Crippen LogP contribution in [0, 0.1) is 16.4 Å². The Hall–Kier alpha value is -4.99. The van der Waals surface area contributed by atoms with Gasteiger partial charge in [0.1, 0.15) is 34.5 Å². The van der Waals surface area contributed by atoms with Crippen LogP contribution in [0.15, 0.2) is 67.0 Å². The molecule has 4 aromatic heterocycles. The molecule has 1 saturated heterocycles. The lowest BCUT2D eigenvalue weighted by atomic mass is 9.87. The van der Waals surface area contributed by atoms with Gasteiger partial charge in [0, 0.05) is 95.6 Å². The number of hydrogen-bond acceptors (Lipinski definition) is 9. The molecule has 0 unspecified atom stereocenters. The van der Waals surface area contributed by atoms with Crippen LogP contribution in [0.4, 0.5) is 19.0 Å². The van der Waals surface area contributed by atoms with E-state index in [2.05, 4.69) is 21.4 Å². The number of alkyl halides is 1. The topological polar surface area (TPSA) is 125 Å². The normalized spacial score (nSPS) is 21.3. The SMILES string of the molecule is C[C@@H]1COCCN1c1cc(C2([S@](C)(=N)=O)CC2)nc(-c2ccnc3c2ccn3CCCCCOc2cc(F)c([C@@H]3c4[nH]c5ccccc5c4C[C@@H](C)N3CC(C)(C)F)c(F)c2)n1. The summed E-state index contributed by atoms with van der Waals surface area (Å²) < 4.78 is 82.3.